The first kappa shape index (κ1) is 12.2. The number of carbonyl (C=O) groups is 1. The Hall–Kier alpha value is -2.89. The van der Waals surface area contributed by atoms with Crippen LogP contribution in [0.5, 0.6) is 0 Å². The third kappa shape index (κ3) is 1.97. The summed E-state index contributed by atoms with van der Waals surface area (Å²) in [5.74, 6) is 0.154. The number of hydrogen-bond acceptors (Lipinski definition) is 4. The second-order valence-electron chi connectivity index (χ2n) is 4.41. The van der Waals surface area contributed by atoms with Crippen LogP contribution in [0.1, 0.15) is 10.5 Å². The van der Waals surface area contributed by atoms with Crippen molar-refractivity contribution in [2.75, 3.05) is 11.1 Å². The topological polar surface area (TPSA) is 85.8 Å². The van der Waals surface area contributed by atoms with E-state index in [9.17, 15) is 4.79 Å². The molecule has 20 heavy (non-hydrogen) atoms. The lowest BCUT2D eigenvalue weighted by atomic mass is 10.1. The highest BCUT2D eigenvalue weighted by Crippen LogP contribution is 2.20. The first-order valence-corrected chi connectivity index (χ1v) is 6.09. The number of fused-ring (bicyclic) bond motifs is 1. The summed E-state index contributed by atoms with van der Waals surface area (Å²) in [6.45, 7) is 0. The van der Waals surface area contributed by atoms with Crippen LogP contribution >= 0.6 is 0 Å². The Balaban J connectivity index is 2.01. The van der Waals surface area contributed by atoms with E-state index in [1.54, 1.807) is 13.2 Å². The zero-order valence-electron chi connectivity index (χ0n) is 10.9. The van der Waals surface area contributed by atoms with Gasteiger partial charge in [0.05, 0.1) is 11.9 Å². The van der Waals surface area contributed by atoms with E-state index in [2.05, 4.69) is 15.4 Å². The van der Waals surface area contributed by atoms with Gasteiger partial charge in [-0.05, 0) is 11.5 Å². The molecule has 0 aliphatic carbocycles. The number of nitrogen functional groups attached to an aromatic ring is 1. The molecule has 3 rings (SSSR count). The van der Waals surface area contributed by atoms with Crippen molar-refractivity contribution >= 4 is 28.2 Å². The van der Waals surface area contributed by atoms with Crippen LogP contribution in [0.25, 0.3) is 10.8 Å². The van der Waals surface area contributed by atoms with Crippen molar-refractivity contribution in [3.8, 4) is 0 Å². The summed E-state index contributed by atoms with van der Waals surface area (Å²) in [6, 6.07) is 9.46. The van der Waals surface area contributed by atoms with Crippen molar-refractivity contribution in [1.29, 1.82) is 0 Å². The molecule has 0 bridgehead atoms. The van der Waals surface area contributed by atoms with Gasteiger partial charge in [-0.3, -0.25) is 14.5 Å². The second-order valence-corrected chi connectivity index (χ2v) is 4.41. The zero-order chi connectivity index (χ0) is 14.1. The van der Waals surface area contributed by atoms with Gasteiger partial charge in [-0.25, -0.2) is 0 Å². The zero-order valence-corrected chi connectivity index (χ0v) is 10.9. The minimum absolute atomic E-state index is 0.308. The predicted octanol–water partition coefficient (Wildman–Crippen LogP) is 1.80. The summed E-state index contributed by atoms with van der Waals surface area (Å²) in [5.41, 5.74) is 6.54. The number of rotatable bonds is 2. The van der Waals surface area contributed by atoms with E-state index < -0.39 is 0 Å². The molecule has 0 unspecified atom stereocenters. The maximum atomic E-state index is 12.4. The number of anilines is 2. The van der Waals surface area contributed by atoms with Crippen molar-refractivity contribution in [2.45, 2.75) is 0 Å². The van der Waals surface area contributed by atoms with Crippen LogP contribution in [-0.2, 0) is 7.05 Å². The fraction of sp³-hybridized carbons (Fsp3) is 0.0714. The monoisotopic (exact) mass is 267 g/mol. The standard InChI is InChI=1S/C14H13N5O/c1-19-13(11(15)8-17-19)18-14(20)12-10-5-3-2-4-9(10)6-7-16-12/h2-8H,15H2,1H3,(H,18,20). The molecule has 100 valence electrons. The molecule has 1 amide bonds. The molecule has 0 saturated carbocycles. The van der Waals surface area contributed by atoms with E-state index in [1.165, 1.54) is 10.9 Å². The van der Waals surface area contributed by atoms with Crippen LogP contribution in [-0.4, -0.2) is 20.7 Å². The average molecular weight is 267 g/mol. The summed E-state index contributed by atoms with van der Waals surface area (Å²) in [5, 5.41) is 8.49. The molecule has 0 spiro atoms. The number of benzene rings is 1. The van der Waals surface area contributed by atoms with E-state index in [0.29, 0.717) is 17.2 Å². The number of hydrogen-bond donors (Lipinski definition) is 2. The normalized spacial score (nSPS) is 10.7. The van der Waals surface area contributed by atoms with Crippen LogP contribution in [0.2, 0.25) is 0 Å². The van der Waals surface area contributed by atoms with Crippen LogP contribution in [0, 0.1) is 0 Å². The highest BCUT2D eigenvalue weighted by molar-refractivity contribution is 6.11. The summed E-state index contributed by atoms with van der Waals surface area (Å²) in [7, 11) is 1.71. The Labute approximate surface area is 115 Å². The third-order valence-corrected chi connectivity index (χ3v) is 3.09. The molecular weight excluding hydrogens is 254 g/mol. The molecule has 6 nitrogen and oxygen atoms in total. The predicted molar refractivity (Wildman–Crippen MR) is 77.3 cm³/mol. The first-order valence-electron chi connectivity index (χ1n) is 6.09. The molecule has 2 aromatic heterocycles. The number of aryl methyl sites for hydroxylation is 1. The van der Waals surface area contributed by atoms with Crippen molar-refractivity contribution in [1.82, 2.24) is 14.8 Å². The third-order valence-electron chi connectivity index (χ3n) is 3.09. The number of amides is 1. The highest BCUT2D eigenvalue weighted by Gasteiger charge is 2.15. The van der Waals surface area contributed by atoms with Gasteiger partial charge in [0.15, 0.2) is 5.82 Å². The van der Waals surface area contributed by atoms with Gasteiger partial charge in [0.25, 0.3) is 5.91 Å². The number of aromatic nitrogens is 3. The molecule has 3 N–H and O–H groups in total. The molecule has 0 radical (unpaired) electrons. The Morgan fingerprint density at radius 2 is 2.10 bits per heavy atom. The quantitative estimate of drug-likeness (QED) is 0.741. The Bertz CT molecular complexity index is 768. The summed E-state index contributed by atoms with van der Waals surface area (Å²) in [4.78, 5) is 16.5. The van der Waals surface area contributed by atoms with Gasteiger partial charge < -0.3 is 11.1 Å². The molecule has 0 saturated heterocycles. The number of nitrogens with zero attached hydrogens (tertiary/aromatic N) is 3. The van der Waals surface area contributed by atoms with Crippen LogP contribution in [0.3, 0.4) is 0 Å². The van der Waals surface area contributed by atoms with Crippen LogP contribution in [0.4, 0.5) is 11.5 Å². The minimum atomic E-state index is -0.308. The number of pyridine rings is 1. The van der Waals surface area contributed by atoms with Crippen molar-refractivity contribution < 1.29 is 4.79 Å². The summed E-state index contributed by atoms with van der Waals surface area (Å²) >= 11 is 0. The average Bonchev–Trinajstić information content (AvgIpc) is 2.78. The summed E-state index contributed by atoms with van der Waals surface area (Å²) < 4.78 is 1.51. The Morgan fingerprint density at radius 3 is 2.85 bits per heavy atom. The lowest BCUT2D eigenvalue weighted by Crippen LogP contribution is -2.17. The van der Waals surface area contributed by atoms with Gasteiger partial charge in [-0.15, -0.1) is 0 Å². The van der Waals surface area contributed by atoms with E-state index in [0.717, 1.165) is 10.8 Å². The lowest BCUT2D eigenvalue weighted by molar-refractivity contribution is 0.102. The largest absolute Gasteiger partial charge is 0.394 e. The highest BCUT2D eigenvalue weighted by atomic mass is 16.2. The van der Waals surface area contributed by atoms with Crippen molar-refractivity contribution in [3.05, 3.63) is 48.4 Å². The molecule has 0 aliphatic heterocycles. The Kier molecular flexibility index (Phi) is 2.83. The maximum Gasteiger partial charge on any atom is 0.276 e. The number of carbonyl (C=O) groups excluding carboxylic acids is 1. The van der Waals surface area contributed by atoms with Gasteiger partial charge in [-0.1, -0.05) is 24.3 Å². The Morgan fingerprint density at radius 1 is 1.30 bits per heavy atom. The van der Waals surface area contributed by atoms with Gasteiger partial charge in [0, 0.05) is 18.6 Å². The van der Waals surface area contributed by atoms with E-state index in [1.807, 2.05) is 30.3 Å². The van der Waals surface area contributed by atoms with Gasteiger partial charge in [-0.2, -0.15) is 5.10 Å². The molecule has 0 fully saturated rings. The van der Waals surface area contributed by atoms with Crippen molar-refractivity contribution in [2.24, 2.45) is 7.05 Å². The molecule has 1 aromatic carbocycles. The summed E-state index contributed by atoms with van der Waals surface area (Å²) in [6.07, 6.45) is 3.11. The first-order chi connectivity index (χ1) is 9.66. The fourth-order valence-corrected chi connectivity index (χ4v) is 2.07. The molecule has 3 aromatic rings. The van der Waals surface area contributed by atoms with Crippen LogP contribution in [0.15, 0.2) is 42.7 Å². The smallest absolute Gasteiger partial charge is 0.276 e. The molecule has 2 heterocycles. The van der Waals surface area contributed by atoms with E-state index in [4.69, 9.17) is 5.73 Å². The molecule has 0 atom stereocenters. The van der Waals surface area contributed by atoms with E-state index >= 15 is 0 Å². The molecular formula is C14H13N5O. The lowest BCUT2D eigenvalue weighted by Gasteiger charge is -2.08. The molecule has 0 aliphatic rings. The number of nitrogens with one attached hydrogen (secondary N) is 1. The second kappa shape index (κ2) is 4.65. The minimum Gasteiger partial charge on any atom is -0.394 e. The van der Waals surface area contributed by atoms with Crippen LogP contribution < -0.4 is 11.1 Å². The SMILES string of the molecule is Cn1ncc(N)c1NC(=O)c1nccc2ccccc12. The van der Waals surface area contributed by atoms with E-state index in [-0.39, 0.29) is 5.91 Å². The maximum absolute atomic E-state index is 12.4. The van der Waals surface area contributed by atoms with Gasteiger partial charge in [0.1, 0.15) is 5.69 Å². The molecule has 6 heteroatoms. The van der Waals surface area contributed by atoms with Gasteiger partial charge in [0.2, 0.25) is 0 Å². The van der Waals surface area contributed by atoms with Gasteiger partial charge >= 0.3 is 0 Å². The van der Waals surface area contributed by atoms with Crippen molar-refractivity contribution in [3.63, 3.8) is 0 Å². The number of nitrogens with two attached hydrogens (primary N) is 1. The fourth-order valence-electron chi connectivity index (χ4n) is 2.07.